The first-order valence-electron chi connectivity index (χ1n) is 4.35. The lowest BCUT2D eigenvalue weighted by Crippen LogP contribution is -2.06. The largest absolute Gasteiger partial charge is 0.422 e. The predicted molar refractivity (Wildman–Crippen MR) is 65.6 cm³/mol. The smallest absolute Gasteiger partial charge is 0.355 e. The fraction of sp³-hybridized carbons (Fsp3) is 0. The lowest BCUT2D eigenvalue weighted by atomic mass is 10.3. The summed E-state index contributed by atoms with van der Waals surface area (Å²) >= 11 is 4.31. The van der Waals surface area contributed by atoms with Gasteiger partial charge < -0.3 is 10.5 Å². The molecule has 0 spiro atoms. The molecule has 6 heteroatoms. The quantitative estimate of drug-likeness (QED) is 0.684. The summed E-state index contributed by atoms with van der Waals surface area (Å²) in [5, 5.41) is 0. The minimum atomic E-state index is -0.452. The number of aromatic nitrogens is 1. The fourth-order valence-corrected chi connectivity index (χ4v) is 2.00. The number of rotatable bonds is 2. The van der Waals surface area contributed by atoms with E-state index in [9.17, 15) is 4.79 Å². The monoisotopic (exact) mass is 298 g/mol. The molecule has 0 bridgehead atoms. The van der Waals surface area contributed by atoms with Crippen molar-refractivity contribution in [2.75, 3.05) is 5.73 Å². The number of nitrogens with zero attached hydrogens (tertiary/aromatic N) is 1. The van der Waals surface area contributed by atoms with Crippen LogP contribution in [0.3, 0.4) is 0 Å². The molecule has 0 radical (unpaired) electrons. The number of ether oxygens (including phenoxy) is 1. The summed E-state index contributed by atoms with van der Waals surface area (Å²) in [6, 6.07) is 8.54. The Labute approximate surface area is 104 Å². The number of halogens is 1. The number of carbonyl (C=O) groups is 1. The normalized spacial score (nSPS) is 10.1. The highest BCUT2D eigenvalue weighted by Gasteiger charge is 2.12. The third-order valence-electron chi connectivity index (χ3n) is 1.74. The van der Waals surface area contributed by atoms with E-state index in [1.165, 1.54) is 6.07 Å². The molecule has 0 atom stereocenters. The minimum absolute atomic E-state index is 0.325. The lowest BCUT2D eigenvalue weighted by Gasteiger charge is -2.01. The Morgan fingerprint density at radius 1 is 1.44 bits per heavy atom. The summed E-state index contributed by atoms with van der Waals surface area (Å²) < 4.78 is 9.80. The highest BCUT2D eigenvalue weighted by molar-refractivity contribution is 9.10. The van der Waals surface area contributed by atoms with E-state index in [4.69, 9.17) is 10.5 Å². The van der Waals surface area contributed by atoms with Gasteiger partial charge in [0.15, 0.2) is 0 Å². The second-order valence-corrected chi connectivity index (χ2v) is 4.68. The third-order valence-corrected chi connectivity index (χ3v) is 3.01. The Hall–Kier alpha value is -1.40. The van der Waals surface area contributed by atoms with Gasteiger partial charge in [0.2, 0.25) is 0 Å². The lowest BCUT2D eigenvalue weighted by molar-refractivity contribution is 0.0740. The molecule has 2 rings (SSSR count). The molecule has 1 heterocycles. The SMILES string of the molecule is Nc1cc(C(=O)Oc2cccc(Br)c2)sn1. The Morgan fingerprint density at radius 2 is 2.25 bits per heavy atom. The zero-order valence-corrected chi connectivity index (χ0v) is 10.4. The van der Waals surface area contributed by atoms with Gasteiger partial charge in [0.05, 0.1) is 0 Å². The number of carbonyl (C=O) groups excluding carboxylic acids is 1. The molecule has 1 aromatic carbocycles. The van der Waals surface area contributed by atoms with Crippen molar-refractivity contribution in [3.63, 3.8) is 0 Å². The van der Waals surface area contributed by atoms with Crippen molar-refractivity contribution in [1.82, 2.24) is 4.37 Å². The molecule has 0 aliphatic heterocycles. The Balaban J connectivity index is 2.13. The van der Waals surface area contributed by atoms with E-state index in [0.29, 0.717) is 16.4 Å². The van der Waals surface area contributed by atoms with E-state index in [1.807, 2.05) is 6.07 Å². The van der Waals surface area contributed by atoms with Gasteiger partial charge in [-0.1, -0.05) is 22.0 Å². The van der Waals surface area contributed by atoms with Crippen LogP contribution in [0.4, 0.5) is 5.82 Å². The van der Waals surface area contributed by atoms with Crippen LogP contribution in [0.15, 0.2) is 34.8 Å². The fourth-order valence-electron chi connectivity index (χ4n) is 1.07. The summed E-state index contributed by atoms with van der Waals surface area (Å²) in [6.45, 7) is 0. The first-order chi connectivity index (χ1) is 7.65. The Kier molecular flexibility index (Phi) is 3.21. The third kappa shape index (κ3) is 2.59. The van der Waals surface area contributed by atoms with Crippen LogP contribution in [0.5, 0.6) is 5.75 Å². The van der Waals surface area contributed by atoms with Gasteiger partial charge in [0.25, 0.3) is 0 Å². The highest BCUT2D eigenvalue weighted by Crippen LogP contribution is 2.20. The summed E-state index contributed by atoms with van der Waals surface area (Å²) in [5.74, 6) is 0.352. The van der Waals surface area contributed by atoms with Gasteiger partial charge in [0, 0.05) is 10.5 Å². The Bertz CT molecular complexity index is 527. The zero-order chi connectivity index (χ0) is 11.5. The number of nitrogens with two attached hydrogens (primary N) is 1. The van der Waals surface area contributed by atoms with Crippen LogP contribution in [0.1, 0.15) is 9.67 Å². The molecule has 2 N–H and O–H groups in total. The molecule has 16 heavy (non-hydrogen) atoms. The van der Waals surface area contributed by atoms with Crippen LogP contribution < -0.4 is 10.5 Å². The maximum Gasteiger partial charge on any atom is 0.355 e. The van der Waals surface area contributed by atoms with Crippen molar-refractivity contribution in [3.05, 3.63) is 39.7 Å². The van der Waals surface area contributed by atoms with Crippen molar-refractivity contribution < 1.29 is 9.53 Å². The van der Waals surface area contributed by atoms with Gasteiger partial charge in [-0.25, -0.2) is 4.79 Å². The topological polar surface area (TPSA) is 65.2 Å². The average Bonchev–Trinajstić information content (AvgIpc) is 2.65. The summed E-state index contributed by atoms with van der Waals surface area (Å²) in [4.78, 5) is 12.0. The van der Waals surface area contributed by atoms with Crippen molar-refractivity contribution in [2.45, 2.75) is 0 Å². The molecule has 4 nitrogen and oxygen atoms in total. The van der Waals surface area contributed by atoms with Gasteiger partial charge in [-0.05, 0) is 29.7 Å². The molecule has 0 unspecified atom stereocenters. The first kappa shape index (κ1) is 11.1. The zero-order valence-electron chi connectivity index (χ0n) is 8.01. The van der Waals surface area contributed by atoms with Crippen molar-refractivity contribution in [2.24, 2.45) is 0 Å². The number of benzene rings is 1. The summed E-state index contributed by atoms with van der Waals surface area (Å²) in [5.41, 5.74) is 5.42. The van der Waals surface area contributed by atoms with Crippen LogP contribution in [-0.4, -0.2) is 10.3 Å². The molecule has 82 valence electrons. The first-order valence-corrected chi connectivity index (χ1v) is 5.92. The average molecular weight is 299 g/mol. The van der Waals surface area contributed by atoms with Crippen LogP contribution in [-0.2, 0) is 0 Å². The molecule has 0 aliphatic carbocycles. The number of hydrogen-bond donors (Lipinski definition) is 1. The summed E-state index contributed by atoms with van der Waals surface area (Å²) in [6.07, 6.45) is 0. The molecule has 0 fully saturated rings. The van der Waals surface area contributed by atoms with Gasteiger partial charge in [-0.15, -0.1) is 0 Å². The molecule has 0 saturated carbocycles. The van der Waals surface area contributed by atoms with Gasteiger partial charge in [0.1, 0.15) is 16.4 Å². The van der Waals surface area contributed by atoms with E-state index in [1.54, 1.807) is 18.2 Å². The maximum absolute atomic E-state index is 11.6. The van der Waals surface area contributed by atoms with E-state index in [2.05, 4.69) is 20.3 Å². The number of esters is 1. The van der Waals surface area contributed by atoms with E-state index in [-0.39, 0.29) is 0 Å². The molecular weight excluding hydrogens is 292 g/mol. The van der Waals surface area contributed by atoms with Gasteiger partial charge >= 0.3 is 5.97 Å². The van der Waals surface area contributed by atoms with Crippen LogP contribution in [0, 0.1) is 0 Å². The highest BCUT2D eigenvalue weighted by atomic mass is 79.9. The van der Waals surface area contributed by atoms with Crippen molar-refractivity contribution in [3.8, 4) is 5.75 Å². The molecule has 0 aliphatic rings. The predicted octanol–water partition coefficient (Wildman–Crippen LogP) is 2.71. The standard InChI is InChI=1S/C10H7BrN2O2S/c11-6-2-1-3-7(4-6)15-10(14)8-5-9(12)13-16-8/h1-5H,(H2,12,13). The number of nitrogen functional groups attached to an aromatic ring is 1. The van der Waals surface area contributed by atoms with Crippen LogP contribution in [0.25, 0.3) is 0 Å². The van der Waals surface area contributed by atoms with Gasteiger partial charge in [-0.3, -0.25) is 0 Å². The van der Waals surface area contributed by atoms with E-state index >= 15 is 0 Å². The van der Waals surface area contributed by atoms with Crippen LogP contribution >= 0.6 is 27.5 Å². The maximum atomic E-state index is 11.6. The minimum Gasteiger partial charge on any atom is -0.422 e. The van der Waals surface area contributed by atoms with Crippen LogP contribution in [0.2, 0.25) is 0 Å². The molecule has 0 amide bonds. The molecular formula is C10H7BrN2O2S. The van der Waals surface area contributed by atoms with Crippen molar-refractivity contribution >= 4 is 39.2 Å². The molecule has 1 aromatic heterocycles. The van der Waals surface area contributed by atoms with Crippen molar-refractivity contribution in [1.29, 1.82) is 0 Å². The summed E-state index contributed by atoms with van der Waals surface area (Å²) in [7, 11) is 0. The second kappa shape index (κ2) is 4.63. The Morgan fingerprint density at radius 3 is 2.88 bits per heavy atom. The molecule has 2 aromatic rings. The van der Waals surface area contributed by atoms with E-state index in [0.717, 1.165) is 16.0 Å². The second-order valence-electron chi connectivity index (χ2n) is 2.96. The van der Waals surface area contributed by atoms with E-state index < -0.39 is 5.97 Å². The number of anilines is 1. The van der Waals surface area contributed by atoms with Gasteiger partial charge in [-0.2, -0.15) is 4.37 Å². The molecule has 0 saturated heterocycles. The number of hydrogen-bond acceptors (Lipinski definition) is 5.